The first-order valence-electron chi connectivity index (χ1n) is 5.42. The lowest BCUT2D eigenvalue weighted by Crippen LogP contribution is -2.36. The highest BCUT2D eigenvalue weighted by atomic mass is 32.2. The zero-order chi connectivity index (χ0) is 10.6. The van der Waals surface area contributed by atoms with Gasteiger partial charge in [-0.2, -0.15) is 0 Å². The summed E-state index contributed by atoms with van der Waals surface area (Å²) in [6.45, 7) is 3.02. The Balaban J connectivity index is 2.34. The van der Waals surface area contributed by atoms with Crippen LogP contribution in [-0.2, 0) is 9.84 Å². The van der Waals surface area contributed by atoms with Crippen molar-refractivity contribution in [2.45, 2.75) is 38.6 Å². The van der Waals surface area contributed by atoms with Crippen molar-refractivity contribution in [2.24, 2.45) is 5.92 Å². The van der Waals surface area contributed by atoms with Crippen LogP contribution < -0.4 is 5.32 Å². The fraction of sp³-hybridized carbons (Fsp3) is 1.00. The predicted octanol–water partition coefficient (Wildman–Crippen LogP) is 1.20. The first-order chi connectivity index (χ1) is 6.51. The van der Waals surface area contributed by atoms with Gasteiger partial charge in [0.05, 0.1) is 5.75 Å². The molecule has 0 aliphatic heterocycles. The van der Waals surface area contributed by atoms with Crippen LogP contribution in [0.2, 0.25) is 0 Å². The first-order valence-corrected chi connectivity index (χ1v) is 7.48. The standard InChI is InChI=1S/C10H21NO2S/c1-3-6-11-10(7-9-4-5-9)8-14(2,12)13/h9-11H,3-8H2,1-2H3. The van der Waals surface area contributed by atoms with E-state index in [1.165, 1.54) is 19.1 Å². The monoisotopic (exact) mass is 219 g/mol. The lowest BCUT2D eigenvalue weighted by atomic mass is 10.1. The molecule has 0 bridgehead atoms. The minimum atomic E-state index is -2.83. The number of sulfone groups is 1. The molecule has 1 aliphatic carbocycles. The zero-order valence-electron chi connectivity index (χ0n) is 9.12. The van der Waals surface area contributed by atoms with Crippen LogP contribution in [0.5, 0.6) is 0 Å². The Morgan fingerprint density at radius 1 is 1.43 bits per heavy atom. The second kappa shape index (κ2) is 5.12. The zero-order valence-corrected chi connectivity index (χ0v) is 9.94. The molecule has 0 amide bonds. The van der Waals surface area contributed by atoms with Crippen LogP contribution in [0.25, 0.3) is 0 Å². The fourth-order valence-corrected chi connectivity index (χ4v) is 2.66. The lowest BCUT2D eigenvalue weighted by molar-refractivity contribution is 0.483. The average Bonchev–Trinajstić information content (AvgIpc) is 2.81. The molecule has 0 heterocycles. The molecule has 1 fully saturated rings. The summed E-state index contributed by atoms with van der Waals surface area (Å²) < 4.78 is 22.3. The lowest BCUT2D eigenvalue weighted by Gasteiger charge is -2.16. The second-order valence-corrected chi connectivity index (χ2v) is 6.61. The maximum atomic E-state index is 11.2. The van der Waals surface area contributed by atoms with Crippen molar-refractivity contribution in [2.75, 3.05) is 18.6 Å². The molecule has 1 rings (SSSR count). The Labute approximate surface area is 87.2 Å². The summed E-state index contributed by atoms with van der Waals surface area (Å²) in [6.07, 6.45) is 5.99. The van der Waals surface area contributed by atoms with Crippen molar-refractivity contribution >= 4 is 9.84 Å². The summed E-state index contributed by atoms with van der Waals surface area (Å²) in [5.74, 6) is 1.08. The van der Waals surface area contributed by atoms with E-state index >= 15 is 0 Å². The average molecular weight is 219 g/mol. The smallest absolute Gasteiger partial charge is 0.148 e. The Morgan fingerprint density at radius 3 is 2.50 bits per heavy atom. The normalized spacial score (nSPS) is 19.6. The summed E-state index contributed by atoms with van der Waals surface area (Å²) in [5, 5.41) is 3.32. The van der Waals surface area contributed by atoms with E-state index in [-0.39, 0.29) is 6.04 Å². The van der Waals surface area contributed by atoms with E-state index in [0.717, 1.165) is 25.3 Å². The van der Waals surface area contributed by atoms with E-state index in [2.05, 4.69) is 12.2 Å². The van der Waals surface area contributed by atoms with Gasteiger partial charge in [-0.15, -0.1) is 0 Å². The molecule has 1 saturated carbocycles. The molecule has 0 radical (unpaired) electrons. The summed E-state index contributed by atoms with van der Waals surface area (Å²) in [4.78, 5) is 0. The largest absolute Gasteiger partial charge is 0.313 e. The number of rotatable bonds is 7. The molecule has 0 aromatic carbocycles. The Kier molecular flexibility index (Phi) is 4.38. The Bertz CT molecular complexity index is 257. The molecule has 1 unspecified atom stereocenters. The van der Waals surface area contributed by atoms with Gasteiger partial charge in [0.2, 0.25) is 0 Å². The molecule has 3 nitrogen and oxygen atoms in total. The van der Waals surface area contributed by atoms with Crippen LogP contribution >= 0.6 is 0 Å². The van der Waals surface area contributed by atoms with E-state index in [0.29, 0.717) is 5.75 Å². The molecule has 4 heteroatoms. The molecular weight excluding hydrogens is 198 g/mol. The minimum absolute atomic E-state index is 0.178. The molecule has 1 aliphatic rings. The number of nitrogens with one attached hydrogen (secondary N) is 1. The molecular formula is C10H21NO2S. The van der Waals surface area contributed by atoms with Crippen molar-refractivity contribution in [1.82, 2.24) is 5.32 Å². The molecule has 14 heavy (non-hydrogen) atoms. The molecule has 1 N–H and O–H groups in total. The first kappa shape index (κ1) is 12.0. The Morgan fingerprint density at radius 2 is 2.07 bits per heavy atom. The van der Waals surface area contributed by atoms with E-state index in [4.69, 9.17) is 0 Å². The molecule has 0 saturated heterocycles. The maximum Gasteiger partial charge on any atom is 0.148 e. The highest BCUT2D eigenvalue weighted by Crippen LogP contribution is 2.33. The van der Waals surface area contributed by atoms with Gasteiger partial charge in [0.25, 0.3) is 0 Å². The summed E-state index contributed by atoms with van der Waals surface area (Å²) in [5.41, 5.74) is 0. The minimum Gasteiger partial charge on any atom is -0.313 e. The number of hydrogen-bond donors (Lipinski definition) is 1. The van der Waals surface area contributed by atoms with Gasteiger partial charge in [0, 0.05) is 12.3 Å². The van der Waals surface area contributed by atoms with Gasteiger partial charge in [-0.25, -0.2) is 8.42 Å². The maximum absolute atomic E-state index is 11.2. The highest BCUT2D eigenvalue weighted by Gasteiger charge is 2.26. The van der Waals surface area contributed by atoms with E-state index < -0.39 is 9.84 Å². The summed E-state index contributed by atoms with van der Waals surface area (Å²) in [6, 6.07) is 0.178. The van der Waals surface area contributed by atoms with Crippen LogP contribution in [0.1, 0.15) is 32.6 Å². The van der Waals surface area contributed by atoms with Crippen molar-refractivity contribution in [3.05, 3.63) is 0 Å². The summed E-state index contributed by atoms with van der Waals surface area (Å²) in [7, 11) is -2.83. The highest BCUT2D eigenvalue weighted by molar-refractivity contribution is 7.90. The van der Waals surface area contributed by atoms with Gasteiger partial charge in [0.15, 0.2) is 0 Å². The van der Waals surface area contributed by atoms with Gasteiger partial charge in [-0.1, -0.05) is 19.8 Å². The van der Waals surface area contributed by atoms with Crippen molar-refractivity contribution in [3.63, 3.8) is 0 Å². The molecule has 84 valence electrons. The van der Waals surface area contributed by atoms with Crippen molar-refractivity contribution < 1.29 is 8.42 Å². The molecule has 0 spiro atoms. The predicted molar refractivity (Wildman–Crippen MR) is 59.1 cm³/mol. The third kappa shape index (κ3) is 5.60. The van der Waals surface area contributed by atoms with Gasteiger partial charge < -0.3 is 5.32 Å². The fourth-order valence-electron chi connectivity index (χ4n) is 1.68. The molecule has 0 aromatic heterocycles. The molecule has 0 aromatic rings. The third-order valence-electron chi connectivity index (χ3n) is 2.50. The van der Waals surface area contributed by atoms with E-state index in [9.17, 15) is 8.42 Å². The Hall–Kier alpha value is -0.0900. The summed E-state index contributed by atoms with van der Waals surface area (Å²) >= 11 is 0. The van der Waals surface area contributed by atoms with E-state index in [1.807, 2.05) is 0 Å². The van der Waals surface area contributed by atoms with Crippen LogP contribution in [-0.4, -0.2) is 33.0 Å². The van der Waals surface area contributed by atoms with Gasteiger partial charge in [-0.3, -0.25) is 0 Å². The van der Waals surface area contributed by atoms with Crippen LogP contribution in [0.4, 0.5) is 0 Å². The SMILES string of the molecule is CCCNC(CC1CC1)CS(C)(=O)=O. The van der Waals surface area contributed by atoms with Crippen molar-refractivity contribution in [3.8, 4) is 0 Å². The topological polar surface area (TPSA) is 46.2 Å². The third-order valence-corrected chi connectivity index (χ3v) is 3.51. The van der Waals surface area contributed by atoms with E-state index in [1.54, 1.807) is 0 Å². The van der Waals surface area contributed by atoms with Crippen LogP contribution in [0, 0.1) is 5.92 Å². The number of hydrogen-bond acceptors (Lipinski definition) is 3. The second-order valence-electron chi connectivity index (χ2n) is 4.42. The van der Waals surface area contributed by atoms with Gasteiger partial charge in [0.1, 0.15) is 9.84 Å². The van der Waals surface area contributed by atoms with Crippen molar-refractivity contribution in [1.29, 1.82) is 0 Å². The van der Waals surface area contributed by atoms with Gasteiger partial charge >= 0.3 is 0 Å². The molecule has 1 atom stereocenters. The van der Waals surface area contributed by atoms with Gasteiger partial charge in [-0.05, 0) is 25.3 Å². The quantitative estimate of drug-likeness (QED) is 0.700. The van der Waals surface area contributed by atoms with Crippen LogP contribution in [0.15, 0.2) is 0 Å². The van der Waals surface area contributed by atoms with Crippen LogP contribution in [0.3, 0.4) is 0 Å².